The van der Waals surface area contributed by atoms with E-state index < -0.39 is 5.60 Å². The summed E-state index contributed by atoms with van der Waals surface area (Å²) in [5.74, 6) is 0.627. The molecule has 2 aromatic heterocycles. The summed E-state index contributed by atoms with van der Waals surface area (Å²) in [6, 6.07) is 0.172. The molecule has 0 aliphatic carbocycles. The first-order chi connectivity index (χ1) is 11.8. The minimum atomic E-state index is -1.15. The van der Waals surface area contributed by atoms with Crippen molar-refractivity contribution in [1.29, 1.82) is 0 Å². The highest BCUT2D eigenvalue weighted by Gasteiger charge is 2.39. The van der Waals surface area contributed by atoms with Gasteiger partial charge in [-0.2, -0.15) is 0 Å². The third-order valence-corrected chi connectivity index (χ3v) is 4.85. The minimum absolute atomic E-state index is 0.0382. The number of aryl methyl sites for hydroxylation is 2. The summed E-state index contributed by atoms with van der Waals surface area (Å²) >= 11 is 0. The fraction of sp³-hybridized carbons (Fsp3) is 0.647. The number of aromatic nitrogens is 4. The minimum Gasteiger partial charge on any atom is -0.382 e. The van der Waals surface area contributed by atoms with Gasteiger partial charge in [-0.1, -0.05) is 10.4 Å². The van der Waals surface area contributed by atoms with Crippen molar-refractivity contribution in [1.82, 2.24) is 25.1 Å². The standard InChI is InChI=1S/C17H25N5O3/c1-11(2)22-9-15(18-20-22)17(24)6-5-7-21(10-17)16(23)8-14-12(3)19-25-13(14)4/h9,11,24H,5-8,10H2,1-4H3/t17-/m1/s1. The summed E-state index contributed by atoms with van der Waals surface area (Å²) in [4.78, 5) is 14.4. The monoisotopic (exact) mass is 347 g/mol. The zero-order chi connectivity index (χ0) is 18.2. The third kappa shape index (κ3) is 3.44. The Morgan fingerprint density at radius 2 is 2.20 bits per heavy atom. The van der Waals surface area contributed by atoms with Crippen LogP contribution in [-0.4, -0.2) is 49.2 Å². The number of hydrogen-bond donors (Lipinski definition) is 1. The summed E-state index contributed by atoms with van der Waals surface area (Å²) in [6.45, 7) is 8.50. The Kier molecular flexibility index (Phi) is 4.64. The first kappa shape index (κ1) is 17.6. The lowest BCUT2D eigenvalue weighted by atomic mass is 9.89. The van der Waals surface area contributed by atoms with E-state index in [-0.39, 0.29) is 24.9 Å². The average molecular weight is 347 g/mol. The number of amides is 1. The fourth-order valence-electron chi connectivity index (χ4n) is 3.22. The highest BCUT2D eigenvalue weighted by molar-refractivity contribution is 5.79. The molecule has 1 atom stereocenters. The Hall–Kier alpha value is -2.22. The number of likely N-dealkylation sites (tertiary alicyclic amines) is 1. The molecule has 25 heavy (non-hydrogen) atoms. The van der Waals surface area contributed by atoms with Crippen molar-refractivity contribution < 1.29 is 14.4 Å². The van der Waals surface area contributed by atoms with Gasteiger partial charge >= 0.3 is 0 Å². The highest BCUT2D eigenvalue weighted by atomic mass is 16.5. The van der Waals surface area contributed by atoms with E-state index in [0.29, 0.717) is 24.4 Å². The molecule has 1 aliphatic heterocycles. The Bertz CT molecular complexity index is 747. The second-order valence-corrected chi connectivity index (χ2v) is 7.11. The van der Waals surface area contributed by atoms with Gasteiger partial charge in [-0.3, -0.25) is 4.79 Å². The number of carbonyl (C=O) groups is 1. The lowest BCUT2D eigenvalue weighted by molar-refractivity contribution is -0.138. The second-order valence-electron chi connectivity index (χ2n) is 7.11. The second kappa shape index (κ2) is 6.59. The van der Waals surface area contributed by atoms with E-state index >= 15 is 0 Å². The molecule has 0 saturated carbocycles. The molecular formula is C17H25N5O3. The molecule has 3 rings (SSSR count). The molecule has 8 nitrogen and oxygen atoms in total. The van der Waals surface area contributed by atoms with E-state index in [2.05, 4.69) is 15.5 Å². The quantitative estimate of drug-likeness (QED) is 0.900. The normalized spacial score (nSPS) is 21.1. The van der Waals surface area contributed by atoms with Gasteiger partial charge in [0, 0.05) is 18.2 Å². The molecule has 8 heteroatoms. The predicted molar refractivity (Wildman–Crippen MR) is 89.8 cm³/mol. The van der Waals surface area contributed by atoms with Crippen LogP contribution in [0.1, 0.15) is 55.4 Å². The van der Waals surface area contributed by atoms with Gasteiger partial charge in [0.25, 0.3) is 0 Å². The van der Waals surface area contributed by atoms with E-state index in [1.807, 2.05) is 20.8 Å². The highest BCUT2D eigenvalue weighted by Crippen LogP contribution is 2.31. The molecule has 2 aromatic rings. The summed E-state index contributed by atoms with van der Waals surface area (Å²) in [6.07, 6.45) is 3.29. The van der Waals surface area contributed by atoms with E-state index in [1.54, 1.807) is 22.7 Å². The molecule has 0 radical (unpaired) electrons. The molecule has 1 amide bonds. The molecule has 0 bridgehead atoms. The number of hydrogen-bond acceptors (Lipinski definition) is 6. The van der Waals surface area contributed by atoms with Crippen LogP contribution in [0.25, 0.3) is 0 Å². The van der Waals surface area contributed by atoms with Crippen molar-refractivity contribution in [2.24, 2.45) is 0 Å². The molecule has 1 fully saturated rings. The number of carbonyl (C=O) groups excluding carboxylic acids is 1. The van der Waals surface area contributed by atoms with Crippen LogP contribution in [0.3, 0.4) is 0 Å². The summed E-state index contributed by atoms with van der Waals surface area (Å²) < 4.78 is 6.85. The Balaban J connectivity index is 1.74. The van der Waals surface area contributed by atoms with Crippen molar-refractivity contribution in [3.8, 4) is 0 Å². The first-order valence-corrected chi connectivity index (χ1v) is 8.64. The van der Waals surface area contributed by atoms with Gasteiger partial charge in [-0.15, -0.1) is 5.10 Å². The maximum Gasteiger partial charge on any atom is 0.227 e. The van der Waals surface area contributed by atoms with Crippen LogP contribution in [0.15, 0.2) is 10.7 Å². The fourth-order valence-corrected chi connectivity index (χ4v) is 3.22. The summed E-state index contributed by atoms with van der Waals surface area (Å²) in [5.41, 5.74) is 0.929. The Morgan fingerprint density at radius 3 is 2.80 bits per heavy atom. The van der Waals surface area contributed by atoms with E-state index in [9.17, 15) is 9.90 Å². The lowest BCUT2D eigenvalue weighted by Gasteiger charge is -2.38. The van der Waals surface area contributed by atoms with Crippen LogP contribution < -0.4 is 0 Å². The molecule has 0 unspecified atom stereocenters. The number of β-amino-alcohol motifs (C(OH)–C–C–N with tert-alkyl or cyclic N) is 1. The van der Waals surface area contributed by atoms with E-state index in [0.717, 1.165) is 17.7 Å². The van der Waals surface area contributed by atoms with Crippen LogP contribution in [0.2, 0.25) is 0 Å². The van der Waals surface area contributed by atoms with Crippen molar-refractivity contribution >= 4 is 5.91 Å². The van der Waals surface area contributed by atoms with Crippen LogP contribution in [0.4, 0.5) is 0 Å². The van der Waals surface area contributed by atoms with Crippen LogP contribution >= 0.6 is 0 Å². The number of rotatable bonds is 4. The van der Waals surface area contributed by atoms with Crippen LogP contribution in [0.5, 0.6) is 0 Å². The number of aliphatic hydroxyl groups is 1. The van der Waals surface area contributed by atoms with Gasteiger partial charge in [0.15, 0.2) is 0 Å². The average Bonchev–Trinajstić information content (AvgIpc) is 3.18. The van der Waals surface area contributed by atoms with Gasteiger partial charge in [0.2, 0.25) is 5.91 Å². The van der Waals surface area contributed by atoms with Crippen molar-refractivity contribution in [2.75, 3.05) is 13.1 Å². The number of nitrogens with zero attached hydrogens (tertiary/aromatic N) is 5. The van der Waals surface area contributed by atoms with Crippen LogP contribution in [0, 0.1) is 13.8 Å². The zero-order valence-corrected chi connectivity index (χ0v) is 15.2. The van der Waals surface area contributed by atoms with Crippen molar-refractivity contribution in [3.63, 3.8) is 0 Å². The Labute approximate surface area is 146 Å². The maximum absolute atomic E-state index is 12.7. The third-order valence-electron chi connectivity index (χ3n) is 4.85. The van der Waals surface area contributed by atoms with Crippen molar-refractivity contribution in [3.05, 3.63) is 28.9 Å². The van der Waals surface area contributed by atoms with Crippen molar-refractivity contribution in [2.45, 2.75) is 58.6 Å². The molecule has 1 N–H and O–H groups in total. The molecule has 1 saturated heterocycles. The topological polar surface area (TPSA) is 97.3 Å². The summed E-state index contributed by atoms with van der Waals surface area (Å²) in [5, 5.41) is 23.1. The zero-order valence-electron chi connectivity index (χ0n) is 15.2. The van der Waals surface area contributed by atoms with Gasteiger partial charge in [-0.05, 0) is 40.5 Å². The van der Waals surface area contributed by atoms with Gasteiger partial charge in [0.05, 0.1) is 24.9 Å². The van der Waals surface area contributed by atoms with Gasteiger partial charge in [0.1, 0.15) is 17.1 Å². The maximum atomic E-state index is 12.7. The smallest absolute Gasteiger partial charge is 0.227 e. The van der Waals surface area contributed by atoms with E-state index in [1.165, 1.54) is 0 Å². The van der Waals surface area contributed by atoms with E-state index in [4.69, 9.17) is 4.52 Å². The molecule has 3 heterocycles. The molecule has 136 valence electrons. The molecule has 0 spiro atoms. The van der Waals surface area contributed by atoms with Gasteiger partial charge < -0.3 is 14.5 Å². The van der Waals surface area contributed by atoms with Crippen LogP contribution in [-0.2, 0) is 16.8 Å². The Morgan fingerprint density at radius 1 is 1.44 bits per heavy atom. The first-order valence-electron chi connectivity index (χ1n) is 8.64. The molecule has 0 aromatic carbocycles. The summed E-state index contributed by atoms with van der Waals surface area (Å²) in [7, 11) is 0. The number of piperidine rings is 1. The predicted octanol–water partition coefficient (Wildman–Crippen LogP) is 1.52. The molecule has 1 aliphatic rings. The SMILES string of the molecule is Cc1noc(C)c1CC(=O)N1CCC[C@](O)(c2cn(C(C)C)nn2)C1. The lowest BCUT2D eigenvalue weighted by Crippen LogP contribution is -2.49. The largest absolute Gasteiger partial charge is 0.382 e. The van der Waals surface area contributed by atoms with Gasteiger partial charge in [-0.25, -0.2) is 4.68 Å². The molecular weight excluding hydrogens is 322 g/mol.